The predicted molar refractivity (Wildman–Crippen MR) is 112 cm³/mol. The van der Waals surface area contributed by atoms with E-state index in [1.54, 1.807) is 0 Å². The summed E-state index contributed by atoms with van der Waals surface area (Å²) in [5.41, 5.74) is -1.00. The number of rotatable bonds is 5. The molecular formula is C21H12BrF3N2O5. The molecular weight excluding hydrogens is 497 g/mol. The first-order valence-corrected chi connectivity index (χ1v) is 9.58. The van der Waals surface area contributed by atoms with Gasteiger partial charge in [0.25, 0.3) is 11.6 Å². The van der Waals surface area contributed by atoms with Gasteiger partial charge in [-0.2, -0.15) is 13.2 Å². The van der Waals surface area contributed by atoms with Gasteiger partial charge in [-0.25, -0.2) is 4.79 Å². The van der Waals surface area contributed by atoms with Crippen molar-refractivity contribution in [1.82, 2.24) is 0 Å². The molecule has 32 heavy (non-hydrogen) atoms. The van der Waals surface area contributed by atoms with Gasteiger partial charge in [0.15, 0.2) is 0 Å². The lowest BCUT2D eigenvalue weighted by Gasteiger charge is -2.12. The first-order valence-electron chi connectivity index (χ1n) is 8.79. The highest BCUT2D eigenvalue weighted by molar-refractivity contribution is 9.10. The molecule has 0 saturated heterocycles. The molecule has 0 aliphatic carbocycles. The molecule has 0 aromatic heterocycles. The van der Waals surface area contributed by atoms with Crippen molar-refractivity contribution in [1.29, 1.82) is 0 Å². The molecule has 3 aromatic carbocycles. The number of non-ortho nitro benzene ring substituents is 1. The summed E-state index contributed by atoms with van der Waals surface area (Å²) in [7, 11) is 0. The van der Waals surface area contributed by atoms with Crippen LogP contribution in [-0.2, 0) is 6.18 Å². The van der Waals surface area contributed by atoms with Gasteiger partial charge in [0.05, 0.1) is 21.6 Å². The summed E-state index contributed by atoms with van der Waals surface area (Å²) >= 11 is 3.20. The van der Waals surface area contributed by atoms with Gasteiger partial charge >= 0.3 is 12.1 Å². The van der Waals surface area contributed by atoms with E-state index in [-0.39, 0.29) is 28.3 Å². The maximum atomic E-state index is 12.7. The van der Waals surface area contributed by atoms with Crippen molar-refractivity contribution in [3.63, 3.8) is 0 Å². The molecule has 0 bridgehead atoms. The molecule has 7 nitrogen and oxygen atoms in total. The fourth-order valence-electron chi connectivity index (χ4n) is 2.59. The van der Waals surface area contributed by atoms with E-state index < -0.39 is 28.5 Å². The van der Waals surface area contributed by atoms with Crippen LogP contribution in [0.3, 0.4) is 0 Å². The third kappa shape index (κ3) is 5.49. The van der Waals surface area contributed by atoms with Crippen LogP contribution >= 0.6 is 15.9 Å². The van der Waals surface area contributed by atoms with E-state index in [0.29, 0.717) is 4.47 Å². The van der Waals surface area contributed by atoms with E-state index in [1.165, 1.54) is 30.3 Å². The zero-order valence-electron chi connectivity index (χ0n) is 15.9. The van der Waals surface area contributed by atoms with E-state index >= 15 is 0 Å². The number of alkyl halides is 3. The number of anilines is 1. The molecule has 0 spiro atoms. The third-order valence-electron chi connectivity index (χ3n) is 4.17. The summed E-state index contributed by atoms with van der Waals surface area (Å²) in [6, 6.07) is 12.8. The molecule has 0 aliphatic heterocycles. The minimum atomic E-state index is -4.51. The van der Waals surface area contributed by atoms with E-state index in [1.807, 2.05) is 0 Å². The Bertz CT molecular complexity index is 1180. The molecule has 1 amide bonds. The summed E-state index contributed by atoms with van der Waals surface area (Å²) in [6.07, 6.45) is -4.51. The number of benzene rings is 3. The van der Waals surface area contributed by atoms with Crippen molar-refractivity contribution in [3.05, 3.63) is 98.0 Å². The lowest BCUT2D eigenvalue weighted by molar-refractivity contribution is -0.384. The summed E-state index contributed by atoms with van der Waals surface area (Å²) in [4.78, 5) is 35.2. The monoisotopic (exact) mass is 508 g/mol. The number of nitrogens with one attached hydrogen (secondary N) is 1. The molecule has 3 rings (SSSR count). The fraction of sp³-hybridized carbons (Fsp3) is 0.0476. The average molecular weight is 509 g/mol. The van der Waals surface area contributed by atoms with Gasteiger partial charge in [0, 0.05) is 22.3 Å². The molecule has 0 fully saturated rings. The minimum Gasteiger partial charge on any atom is -0.422 e. The zero-order chi connectivity index (χ0) is 23.5. The van der Waals surface area contributed by atoms with Crippen LogP contribution < -0.4 is 10.1 Å². The lowest BCUT2D eigenvalue weighted by Crippen LogP contribution is -2.16. The molecule has 0 heterocycles. The topological polar surface area (TPSA) is 98.5 Å². The quantitative estimate of drug-likeness (QED) is 0.202. The number of hydrogen-bond acceptors (Lipinski definition) is 5. The number of nitro groups is 1. The molecule has 0 radical (unpaired) electrons. The first kappa shape index (κ1) is 22.9. The number of amides is 1. The maximum Gasteiger partial charge on any atom is 0.416 e. The number of nitro benzene ring substituents is 1. The maximum absolute atomic E-state index is 12.7. The summed E-state index contributed by atoms with van der Waals surface area (Å²) in [5, 5.41) is 13.2. The largest absolute Gasteiger partial charge is 0.422 e. The number of esters is 1. The van der Waals surface area contributed by atoms with Gasteiger partial charge < -0.3 is 10.1 Å². The van der Waals surface area contributed by atoms with Crippen LogP contribution in [0.4, 0.5) is 24.5 Å². The molecule has 0 atom stereocenters. The van der Waals surface area contributed by atoms with Gasteiger partial charge in [-0.3, -0.25) is 14.9 Å². The second-order valence-electron chi connectivity index (χ2n) is 6.36. The van der Waals surface area contributed by atoms with Crippen molar-refractivity contribution in [2.24, 2.45) is 0 Å². The molecule has 0 saturated carbocycles. The molecule has 1 N–H and O–H groups in total. The number of halogens is 4. The Morgan fingerprint density at radius 1 is 0.969 bits per heavy atom. The standard InChI is InChI=1S/C21H12BrF3N2O5/c22-14-5-10-18(32-20(29)12-1-8-16(9-2-12)27(30)31)17(11-14)19(28)26-15-6-3-13(4-7-15)21(23,24)25/h1-11H,(H,26,28). The van der Waals surface area contributed by atoms with Gasteiger partial charge in [-0.05, 0) is 54.6 Å². The van der Waals surface area contributed by atoms with Gasteiger partial charge in [-0.1, -0.05) is 15.9 Å². The van der Waals surface area contributed by atoms with Crippen molar-refractivity contribution >= 4 is 39.2 Å². The number of carbonyl (C=O) groups is 2. The van der Waals surface area contributed by atoms with Crippen LogP contribution in [0.5, 0.6) is 5.75 Å². The normalized spacial score (nSPS) is 11.0. The molecule has 164 valence electrons. The summed E-state index contributed by atoms with van der Waals surface area (Å²) < 4.78 is 43.8. The summed E-state index contributed by atoms with van der Waals surface area (Å²) in [5.74, 6) is -1.69. The van der Waals surface area contributed by atoms with Crippen LogP contribution in [0, 0.1) is 10.1 Å². The van der Waals surface area contributed by atoms with E-state index in [2.05, 4.69) is 21.2 Å². The van der Waals surface area contributed by atoms with Crippen molar-refractivity contribution in [2.45, 2.75) is 6.18 Å². The second kappa shape index (κ2) is 9.18. The molecule has 3 aromatic rings. The number of carbonyl (C=O) groups excluding carboxylic acids is 2. The highest BCUT2D eigenvalue weighted by Crippen LogP contribution is 2.30. The summed E-state index contributed by atoms with van der Waals surface area (Å²) in [6.45, 7) is 0. The molecule has 0 unspecified atom stereocenters. The van der Waals surface area contributed by atoms with Gasteiger partial charge in [0.1, 0.15) is 5.75 Å². The van der Waals surface area contributed by atoms with Crippen LogP contribution in [0.1, 0.15) is 26.3 Å². The Balaban J connectivity index is 1.80. The Hall–Kier alpha value is -3.73. The van der Waals surface area contributed by atoms with Crippen LogP contribution in [0.15, 0.2) is 71.2 Å². The van der Waals surface area contributed by atoms with E-state index in [0.717, 1.165) is 36.4 Å². The Morgan fingerprint density at radius 2 is 1.59 bits per heavy atom. The Morgan fingerprint density at radius 3 is 2.16 bits per heavy atom. The van der Waals surface area contributed by atoms with E-state index in [9.17, 15) is 32.9 Å². The SMILES string of the molecule is O=C(Oc1ccc(Br)cc1C(=O)Nc1ccc(C(F)(F)F)cc1)c1ccc([N+](=O)[O-])cc1. The van der Waals surface area contributed by atoms with Crippen molar-refractivity contribution in [3.8, 4) is 5.75 Å². The first-order chi connectivity index (χ1) is 15.0. The van der Waals surface area contributed by atoms with Crippen LogP contribution in [0.25, 0.3) is 0 Å². The number of nitrogens with zero attached hydrogens (tertiary/aromatic N) is 1. The Labute approximate surface area is 187 Å². The van der Waals surface area contributed by atoms with E-state index in [4.69, 9.17) is 4.74 Å². The predicted octanol–water partition coefficient (Wildman–Crippen LogP) is 5.85. The number of ether oxygens (including phenoxy) is 1. The minimum absolute atomic E-state index is 0.0209. The van der Waals surface area contributed by atoms with Crippen LogP contribution in [-0.4, -0.2) is 16.8 Å². The third-order valence-corrected chi connectivity index (χ3v) is 4.67. The van der Waals surface area contributed by atoms with Crippen molar-refractivity contribution < 1.29 is 32.4 Å². The number of hydrogen-bond donors (Lipinski definition) is 1. The van der Waals surface area contributed by atoms with Crippen molar-refractivity contribution in [2.75, 3.05) is 5.32 Å². The zero-order valence-corrected chi connectivity index (χ0v) is 17.4. The molecule has 0 aliphatic rings. The second-order valence-corrected chi connectivity index (χ2v) is 7.28. The average Bonchev–Trinajstić information content (AvgIpc) is 2.74. The van der Waals surface area contributed by atoms with Gasteiger partial charge in [0.2, 0.25) is 0 Å². The highest BCUT2D eigenvalue weighted by Gasteiger charge is 2.30. The van der Waals surface area contributed by atoms with Gasteiger partial charge in [-0.15, -0.1) is 0 Å². The molecule has 11 heteroatoms. The fourth-order valence-corrected chi connectivity index (χ4v) is 2.95. The van der Waals surface area contributed by atoms with Crippen LogP contribution in [0.2, 0.25) is 0 Å². The lowest BCUT2D eigenvalue weighted by atomic mass is 10.1. The smallest absolute Gasteiger partial charge is 0.416 e. The Kier molecular flexibility index (Phi) is 6.58. The highest BCUT2D eigenvalue weighted by atomic mass is 79.9.